The molecule has 3 aromatic heterocycles. The van der Waals surface area contributed by atoms with E-state index in [2.05, 4.69) is 58.4 Å². The van der Waals surface area contributed by atoms with Crippen LogP contribution in [0.4, 0.5) is 21.2 Å². The molecular weight excluding hydrogens is 630 g/mol. The van der Waals surface area contributed by atoms with Crippen molar-refractivity contribution in [3.63, 3.8) is 0 Å². The first kappa shape index (κ1) is 32.0. The smallest absolute Gasteiger partial charge is 0.419 e. The number of amides is 1. The lowest BCUT2D eigenvalue weighted by Gasteiger charge is -2.35. The van der Waals surface area contributed by atoms with Gasteiger partial charge in [-0.2, -0.15) is 5.10 Å². The Bertz CT molecular complexity index is 1450. The summed E-state index contributed by atoms with van der Waals surface area (Å²) in [5.74, 6) is 1.68. The number of nitrogens with one attached hydrogen (secondary N) is 2. The molecule has 2 fully saturated rings. The van der Waals surface area contributed by atoms with Gasteiger partial charge in [-0.1, -0.05) is 15.9 Å². The fraction of sp³-hybridized carbons (Fsp3) is 0.581. The first-order valence-electron chi connectivity index (χ1n) is 15.1. The van der Waals surface area contributed by atoms with Gasteiger partial charge in [-0.3, -0.25) is 0 Å². The molecule has 2 atom stereocenters. The van der Waals surface area contributed by atoms with Gasteiger partial charge in [0.25, 0.3) is 0 Å². The van der Waals surface area contributed by atoms with Gasteiger partial charge < -0.3 is 24.8 Å². The maximum Gasteiger partial charge on any atom is 0.419 e. The van der Waals surface area contributed by atoms with Crippen LogP contribution in [0, 0.1) is 0 Å². The lowest BCUT2D eigenvalue weighted by Crippen LogP contribution is -2.49. The molecule has 13 heteroatoms. The maximum absolute atomic E-state index is 12.4. The topological polar surface area (TPSA) is 134 Å². The lowest BCUT2D eigenvalue weighted by molar-refractivity contribution is -0.0302. The molecular formula is C31H42BrN7O5. The van der Waals surface area contributed by atoms with Crippen LogP contribution < -0.4 is 10.6 Å². The summed E-state index contributed by atoms with van der Waals surface area (Å²) in [4.78, 5) is 33.1. The minimum atomic E-state index is -0.522. The van der Waals surface area contributed by atoms with Crippen LogP contribution >= 0.6 is 15.9 Å². The van der Waals surface area contributed by atoms with Crippen LogP contribution in [0.25, 0.3) is 0 Å². The standard InChI is InChI=1S/C31H42BrN7O5/c1-30(2,3)39-27(16-25(37-39)19-7-8-23(11-19)43-29(41)38-10-9-33-18-38)36-26-13-20(32)12-22(34-26)17-42-24-14-21(15-24)35-28(40)44-31(4,5)6/h9-10,12-13,16,18-19,21,23-24H,7-8,11,14-15,17H2,1-6H3,(H,34,36)(H,35,40)/t19-,21?,23+,24?/m0/s1. The summed E-state index contributed by atoms with van der Waals surface area (Å²) < 4.78 is 21.3. The van der Waals surface area contributed by atoms with Crippen molar-refractivity contribution in [3.05, 3.63) is 52.8 Å². The largest absolute Gasteiger partial charge is 0.446 e. The molecule has 0 aliphatic heterocycles. The third-order valence-electron chi connectivity index (χ3n) is 7.53. The average Bonchev–Trinajstić information content (AvgIpc) is 3.64. The van der Waals surface area contributed by atoms with Crippen LogP contribution in [0.1, 0.15) is 91.0 Å². The van der Waals surface area contributed by atoms with Crippen LogP contribution in [-0.4, -0.2) is 60.4 Å². The van der Waals surface area contributed by atoms with E-state index in [4.69, 9.17) is 24.3 Å². The lowest BCUT2D eigenvalue weighted by atomic mass is 9.89. The van der Waals surface area contributed by atoms with E-state index in [9.17, 15) is 9.59 Å². The van der Waals surface area contributed by atoms with Gasteiger partial charge in [0.15, 0.2) is 0 Å². The zero-order valence-electron chi connectivity index (χ0n) is 26.2. The summed E-state index contributed by atoms with van der Waals surface area (Å²) in [5, 5.41) is 11.4. The fourth-order valence-electron chi connectivity index (χ4n) is 5.40. The molecule has 0 spiro atoms. The number of aromatic nitrogens is 5. The third-order valence-corrected chi connectivity index (χ3v) is 7.99. The molecule has 0 saturated heterocycles. The SMILES string of the molecule is CC(C)(C)OC(=O)NC1CC(OCc2cc(Br)cc(Nc3cc([C@H]4CC[C@@H](OC(=O)n5ccnc5)C4)nn3C(C)(C)C)n2)C1. The van der Waals surface area contributed by atoms with Crippen molar-refractivity contribution in [2.45, 2.75) is 116 Å². The van der Waals surface area contributed by atoms with Crippen LogP contribution in [0.3, 0.4) is 0 Å². The number of alkyl carbamates (subject to hydrolysis) is 1. The quantitative estimate of drug-likeness (QED) is 0.271. The number of pyridine rings is 1. The molecule has 3 heterocycles. The predicted octanol–water partition coefficient (Wildman–Crippen LogP) is 6.63. The van der Waals surface area contributed by atoms with Gasteiger partial charge in [-0.15, -0.1) is 0 Å². The van der Waals surface area contributed by atoms with Crippen LogP contribution in [0.2, 0.25) is 0 Å². The van der Waals surface area contributed by atoms with Crippen LogP contribution in [-0.2, 0) is 26.4 Å². The van der Waals surface area contributed by atoms with Gasteiger partial charge in [0, 0.05) is 34.9 Å². The average molecular weight is 673 g/mol. The zero-order chi connectivity index (χ0) is 31.6. The number of carbonyl (C=O) groups is 2. The molecule has 3 aromatic rings. The molecule has 238 valence electrons. The van der Waals surface area contributed by atoms with Gasteiger partial charge in [0.1, 0.15) is 29.7 Å². The van der Waals surface area contributed by atoms with Gasteiger partial charge in [-0.25, -0.2) is 28.8 Å². The molecule has 2 aliphatic rings. The summed E-state index contributed by atoms with van der Waals surface area (Å²) in [6.45, 7) is 12.2. The molecule has 1 amide bonds. The van der Waals surface area contributed by atoms with E-state index in [-0.39, 0.29) is 29.7 Å². The van der Waals surface area contributed by atoms with Crippen LogP contribution in [0.5, 0.6) is 0 Å². The Hall–Kier alpha value is -3.45. The summed E-state index contributed by atoms with van der Waals surface area (Å²) in [5.41, 5.74) is 0.942. The normalized spacial score (nSPS) is 21.9. The van der Waals surface area contributed by atoms with E-state index >= 15 is 0 Å². The first-order chi connectivity index (χ1) is 20.7. The summed E-state index contributed by atoms with van der Waals surface area (Å²) in [7, 11) is 0. The molecule has 5 rings (SSSR count). The minimum Gasteiger partial charge on any atom is -0.446 e. The van der Waals surface area contributed by atoms with Gasteiger partial charge >= 0.3 is 12.2 Å². The highest BCUT2D eigenvalue weighted by Gasteiger charge is 2.34. The molecule has 0 bridgehead atoms. The van der Waals surface area contributed by atoms with Crippen molar-refractivity contribution in [3.8, 4) is 0 Å². The van der Waals surface area contributed by atoms with Gasteiger partial charge in [-0.05, 0) is 85.8 Å². The Morgan fingerprint density at radius 3 is 2.50 bits per heavy atom. The highest BCUT2D eigenvalue weighted by atomic mass is 79.9. The van der Waals surface area contributed by atoms with Crippen molar-refractivity contribution >= 4 is 39.8 Å². The number of rotatable bonds is 8. The Balaban J connectivity index is 1.19. The van der Waals surface area contributed by atoms with E-state index in [1.165, 1.54) is 10.9 Å². The fourth-order valence-corrected chi connectivity index (χ4v) is 5.88. The Morgan fingerprint density at radius 1 is 1.05 bits per heavy atom. The van der Waals surface area contributed by atoms with E-state index in [1.54, 1.807) is 12.4 Å². The van der Waals surface area contributed by atoms with Gasteiger partial charge in [0.05, 0.1) is 29.6 Å². The first-order valence-corrected chi connectivity index (χ1v) is 15.8. The number of nitrogens with zero attached hydrogens (tertiary/aromatic N) is 5. The highest BCUT2D eigenvalue weighted by molar-refractivity contribution is 9.10. The van der Waals surface area contributed by atoms with Crippen molar-refractivity contribution in [2.75, 3.05) is 5.32 Å². The molecule has 0 radical (unpaired) electrons. The van der Waals surface area contributed by atoms with Crippen LogP contribution in [0.15, 0.2) is 41.4 Å². The van der Waals surface area contributed by atoms with E-state index < -0.39 is 17.8 Å². The predicted molar refractivity (Wildman–Crippen MR) is 168 cm³/mol. The monoisotopic (exact) mass is 671 g/mol. The number of ether oxygens (including phenoxy) is 3. The number of imidazole rings is 1. The van der Waals surface area contributed by atoms with Crippen molar-refractivity contribution < 1.29 is 23.8 Å². The Labute approximate surface area is 266 Å². The summed E-state index contributed by atoms with van der Waals surface area (Å²) >= 11 is 3.62. The zero-order valence-corrected chi connectivity index (χ0v) is 27.8. The molecule has 2 saturated carbocycles. The Kier molecular flexibility index (Phi) is 9.36. The number of halogens is 1. The summed E-state index contributed by atoms with van der Waals surface area (Å²) in [6, 6.07) is 5.99. The summed E-state index contributed by atoms with van der Waals surface area (Å²) in [6.07, 6.45) is 7.50. The Morgan fingerprint density at radius 2 is 1.82 bits per heavy atom. The third kappa shape index (κ3) is 8.38. The van der Waals surface area contributed by atoms with E-state index in [1.807, 2.05) is 37.6 Å². The molecule has 0 unspecified atom stereocenters. The maximum atomic E-state index is 12.4. The number of hydrogen-bond donors (Lipinski definition) is 2. The molecule has 44 heavy (non-hydrogen) atoms. The molecule has 2 N–H and O–H groups in total. The molecule has 12 nitrogen and oxygen atoms in total. The van der Waals surface area contributed by atoms with Gasteiger partial charge in [0.2, 0.25) is 0 Å². The molecule has 0 aromatic carbocycles. The van der Waals surface area contributed by atoms with Crippen molar-refractivity contribution in [1.29, 1.82) is 0 Å². The second kappa shape index (κ2) is 12.9. The minimum absolute atomic E-state index is 0.0477. The highest BCUT2D eigenvalue weighted by Crippen LogP contribution is 2.38. The molecule has 2 aliphatic carbocycles. The van der Waals surface area contributed by atoms with E-state index in [0.29, 0.717) is 18.8 Å². The van der Waals surface area contributed by atoms with Crippen molar-refractivity contribution in [1.82, 2.24) is 29.6 Å². The second-order valence-electron chi connectivity index (χ2n) is 13.6. The number of carbonyl (C=O) groups excluding carboxylic acids is 2. The second-order valence-corrected chi connectivity index (χ2v) is 14.5. The van der Waals surface area contributed by atoms with E-state index in [0.717, 1.165) is 47.4 Å². The van der Waals surface area contributed by atoms with Crippen molar-refractivity contribution in [2.24, 2.45) is 0 Å². The number of anilines is 2. The number of hydrogen-bond acceptors (Lipinski definition) is 9.